The van der Waals surface area contributed by atoms with Gasteiger partial charge in [0.1, 0.15) is 0 Å². The summed E-state index contributed by atoms with van der Waals surface area (Å²) in [5, 5.41) is 8.58. The summed E-state index contributed by atoms with van der Waals surface area (Å²) < 4.78 is 22.7. The summed E-state index contributed by atoms with van der Waals surface area (Å²) in [7, 11) is -3.77. The largest absolute Gasteiger partial charge is 0.376 e. The van der Waals surface area contributed by atoms with Gasteiger partial charge in [-0.05, 0) is 25.1 Å². The van der Waals surface area contributed by atoms with Gasteiger partial charge in [0.25, 0.3) is 0 Å². The average Bonchev–Trinajstić information content (AvgIpc) is 2.41. The van der Waals surface area contributed by atoms with E-state index in [0.29, 0.717) is 16.4 Å². The van der Waals surface area contributed by atoms with Gasteiger partial charge in [-0.1, -0.05) is 11.6 Å². The molecule has 2 aromatic rings. The maximum atomic E-state index is 11.3. The Hall–Kier alpha value is -1.70. The Balaban J connectivity index is 2.30. The minimum Gasteiger partial charge on any atom is -0.376 e. The maximum Gasteiger partial charge on any atom is 0.238 e. The van der Waals surface area contributed by atoms with Gasteiger partial charge < -0.3 is 5.32 Å². The van der Waals surface area contributed by atoms with Crippen LogP contribution in [0.2, 0.25) is 5.02 Å². The van der Waals surface area contributed by atoms with Crippen LogP contribution in [-0.2, 0) is 10.0 Å². The quantitative estimate of drug-likeness (QED) is 0.899. The molecule has 0 aliphatic carbocycles. The van der Waals surface area contributed by atoms with E-state index >= 15 is 0 Å². The highest BCUT2D eigenvalue weighted by molar-refractivity contribution is 7.89. The van der Waals surface area contributed by atoms with Crippen molar-refractivity contribution < 1.29 is 8.42 Å². The van der Waals surface area contributed by atoms with Crippen molar-refractivity contribution in [1.82, 2.24) is 9.97 Å². The van der Waals surface area contributed by atoms with Crippen LogP contribution in [0.25, 0.3) is 0 Å². The first-order valence-electron chi connectivity index (χ1n) is 5.73. The van der Waals surface area contributed by atoms with Gasteiger partial charge in [0, 0.05) is 12.4 Å². The third kappa shape index (κ3) is 3.44. The number of halogens is 1. The molecule has 1 unspecified atom stereocenters. The molecule has 0 amide bonds. The molecule has 1 aromatic heterocycles. The van der Waals surface area contributed by atoms with Crippen molar-refractivity contribution >= 4 is 27.3 Å². The first kappa shape index (κ1) is 14.7. The molecule has 3 N–H and O–H groups in total. The number of primary sulfonamides is 1. The Kier molecular flexibility index (Phi) is 4.22. The number of hydrogen-bond donors (Lipinski definition) is 2. The van der Waals surface area contributed by atoms with Crippen LogP contribution in [0.15, 0.2) is 41.7 Å². The number of nitrogens with one attached hydrogen (secondary N) is 1. The molecule has 1 aromatic carbocycles. The lowest BCUT2D eigenvalue weighted by Gasteiger charge is -2.16. The Bertz CT molecular complexity index is 707. The Morgan fingerprint density at radius 2 is 2.10 bits per heavy atom. The number of anilines is 1. The predicted molar refractivity (Wildman–Crippen MR) is 76.9 cm³/mol. The summed E-state index contributed by atoms with van der Waals surface area (Å²) in [5.74, 6) is 0. The second-order valence-electron chi connectivity index (χ2n) is 4.18. The standard InChI is InChI=1S/C12H13ClN4O2S/c1-8(12-7-15-4-5-16-12)17-11-6-9(20(14,18)19)2-3-10(11)13/h2-8,17H,1H3,(H2,14,18,19). The van der Waals surface area contributed by atoms with Gasteiger partial charge in [0.05, 0.1) is 33.5 Å². The predicted octanol–water partition coefficient (Wildman–Crippen LogP) is 1.95. The number of hydrogen-bond acceptors (Lipinski definition) is 5. The Morgan fingerprint density at radius 1 is 1.35 bits per heavy atom. The first-order valence-corrected chi connectivity index (χ1v) is 7.65. The van der Waals surface area contributed by atoms with E-state index in [1.165, 1.54) is 18.2 Å². The molecule has 0 bridgehead atoms. The van der Waals surface area contributed by atoms with Gasteiger partial charge in [-0.15, -0.1) is 0 Å². The third-order valence-corrected chi connectivity index (χ3v) is 3.91. The Labute approximate surface area is 122 Å². The number of nitrogens with two attached hydrogens (primary N) is 1. The number of sulfonamides is 1. The fourth-order valence-electron chi connectivity index (χ4n) is 1.63. The monoisotopic (exact) mass is 312 g/mol. The molecular weight excluding hydrogens is 300 g/mol. The van der Waals surface area contributed by atoms with E-state index in [4.69, 9.17) is 16.7 Å². The zero-order valence-electron chi connectivity index (χ0n) is 10.6. The summed E-state index contributed by atoms with van der Waals surface area (Å²) in [5.41, 5.74) is 1.18. The highest BCUT2D eigenvalue weighted by Gasteiger charge is 2.13. The van der Waals surface area contributed by atoms with E-state index in [1.807, 2.05) is 6.92 Å². The molecule has 1 heterocycles. The van der Waals surface area contributed by atoms with Crippen molar-refractivity contribution in [2.24, 2.45) is 5.14 Å². The van der Waals surface area contributed by atoms with Gasteiger partial charge in [-0.25, -0.2) is 13.6 Å². The SMILES string of the molecule is CC(Nc1cc(S(N)(=O)=O)ccc1Cl)c1cnccn1. The van der Waals surface area contributed by atoms with E-state index in [9.17, 15) is 8.42 Å². The summed E-state index contributed by atoms with van der Waals surface area (Å²) in [4.78, 5) is 8.14. The second kappa shape index (κ2) is 5.74. The molecule has 0 radical (unpaired) electrons. The van der Waals surface area contributed by atoms with Crippen LogP contribution in [0, 0.1) is 0 Å². The van der Waals surface area contributed by atoms with Gasteiger partial charge in [-0.3, -0.25) is 9.97 Å². The highest BCUT2D eigenvalue weighted by atomic mass is 35.5. The average molecular weight is 313 g/mol. The van der Waals surface area contributed by atoms with E-state index in [0.717, 1.165) is 0 Å². The van der Waals surface area contributed by atoms with Gasteiger partial charge in [0.2, 0.25) is 10.0 Å². The van der Waals surface area contributed by atoms with Gasteiger partial charge >= 0.3 is 0 Å². The summed E-state index contributed by atoms with van der Waals surface area (Å²) >= 11 is 6.04. The van der Waals surface area contributed by atoms with Crippen molar-refractivity contribution in [2.45, 2.75) is 17.9 Å². The minimum atomic E-state index is -3.77. The minimum absolute atomic E-state index is 0.00394. The molecule has 6 nitrogen and oxygen atoms in total. The van der Waals surface area contributed by atoms with Gasteiger partial charge in [0.15, 0.2) is 0 Å². The molecule has 1 atom stereocenters. The molecule has 2 rings (SSSR count). The topological polar surface area (TPSA) is 98.0 Å². The lowest BCUT2D eigenvalue weighted by molar-refractivity contribution is 0.598. The molecule has 0 spiro atoms. The zero-order chi connectivity index (χ0) is 14.8. The molecule has 20 heavy (non-hydrogen) atoms. The fraction of sp³-hybridized carbons (Fsp3) is 0.167. The second-order valence-corrected chi connectivity index (χ2v) is 6.15. The van der Waals surface area contributed by atoms with Crippen LogP contribution < -0.4 is 10.5 Å². The molecule has 0 aliphatic heterocycles. The van der Waals surface area contributed by atoms with Crippen molar-refractivity contribution in [3.63, 3.8) is 0 Å². The lowest BCUT2D eigenvalue weighted by Crippen LogP contribution is -2.13. The molecular formula is C12H13ClN4O2S. The number of nitrogens with zero attached hydrogens (tertiary/aromatic N) is 2. The van der Waals surface area contributed by atoms with E-state index in [-0.39, 0.29) is 10.9 Å². The maximum absolute atomic E-state index is 11.3. The van der Waals surface area contributed by atoms with Crippen molar-refractivity contribution in [3.05, 3.63) is 47.5 Å². The molecule has 0 saturated carbocycles. The molecule has 106 valence electrons. The Morgan fingerprint density at radius 3 is 2.70 bits per heavy atom. The van der Waals surface area contributed by atoms with Crippen LogP contribution in [0.5, 0.6) is 0 Å². The van der Waals surface area contributed by atoms with Crippen LogP contribution in [0.3, 0.4) is 0 Å². The number of rotatable bonds is 4. The normalized spacial score (nSPS) is 12.9. The highest BCUT2D eigenvalue weighted by Crippen LogP contribution is 2.27. The van der Waals surface area contributed by atoms with Crippen LogP contribution in [0.1, 0.15) is 18.7 Å². The summed E-state index contributed by atoms with van der Waals surface area (Å²) in [6.45, 7) is 1.87. The summed E-state index contributed by atoms with van der Waals surface area (Å²) in [6.07, 6.45) is 4.77. The van der Waals surface area contributed by atoms with Crippen molar-refractivity contribution in [1.29, 1.82) is 0 Å². The van der Waals surface area contributed by atoms with Crippen LogP contribution in [0.4, 0.5) is 5.69 Å². The van der Waals surface area contributed by atoms with Crippen LogP contribution >= 0.6 is 11.6 Å². The van der Waals surface area contributed by atoms with Crippen molar-refractivity contribution in [3.8, 4) is 0 Å². The fourth-order valence-corrected chi connectivity index (χ4v) is 2.35. The molecule has 8 heteroatoms. The number of aromatic nitrogens is 2. The summed E-state index contributed by atoms with van der Waals surface area (Å²) in [6, 6.07) is 4.05. The zero-order valence-corrected chi connectivity index (χ0v) is 12.2. The van der Waals surface area contributed by atoms with E-state index in [1.54, 1.807) is 18.6 Å². The first-order chi connectivity index (χ1) is 9.38. The number of benzene rings is 1. The molecule has 0 saturated heterocycles. The van der Waals surface area contributed by atoms with Gasteiger partial charge in [-0.2, -0.15) is 0 Å². The van der Waals surface area contributed by atoms with Crippen LogP contribution in [-0.4, -0.2) is 18.4 Å². The molecule has 0 fully saturated rings. The van der Waals surface area contributed by atoms with E-state index < -0.39 is 10.0 Å². The van der Waals surface area contributed by atoms with Crippen molar-refractivity contribution in [2.75, 3.05) is 5.32 Å². The van der Waals surface area contributed by atoms with E-state index in [2.05, 4.69) is 15.3 Å². The third-order valence-electron chi connectivity index (χ3n) is 2.67. The smallest absolute Gasteiger partial charge is 0.238 e. The molecule has 0 aliphatic rings. The lowest BCUT2D eigenvalue weighted by atomic mass is 10.2.